The first kappa shape index (κ1) is 13.1. The van der Waals surface area contributed by atoms with Gasteiger partial charge in [0.25, 0.3) is 0 Å². The van der Waals surface area contributed by atoms with E-state index in [1.807, 2.05) is 32.3 Å². The van der Waals surface area contributed by atoms with Crippen molar-refractivity contribution in [3.05, 3.63) is 35.9 Å². The van der Waals surface area contributed by atoms with Gasteiger partial charge < -0.3 is 10.2 Å². The molecule has 0 heterocycles. The number of hydrogen-bond donors (Lipinski definition) is 1. The Hall–Kier alpha value is -1.35. The van der Waals surface area contributed by atoms with Crippen LogP contribution >= 0.6 is 0 Å². The van der Waals surface area contributed by atoms with E-state index in [0.717, 1.165) is 18.4 Å². The first-order chi connectivity index (χ1) is 8.56. The van der Waals surface area contributed by atoms with Crippen LogP contribution in [0.15, 0.2) is 30.3 Å². The maximum absolute atomic E-state index is 12.3. The van der Waals surface area contributed by atoms with Gasteiger partial charge in [0.1, 0.15) is 0 Å². The summed E-state index contributed by atoms with van der Waals surface area (Å²) in [5.41, 5.74) is 0.910. The Morgan fingerprint density at radius 3 is 2.44 bits per heavy atom. The van der Waals surface area contributed by atoms with Crippen LogP contribution in [0.4, 0.5) is 0 Å². The number of nitrogens with zero attached hydrogens (tertiary/aromatic N) is 1. The van der Waals surface area contributed by atoms with Gasteiger partial charge in [-0.3, -0.25) is 4.79 Å². The van der Waals surface area contributed by atoms with Crippen LogP contribution in [0.5, 0.6) is 0 Å². The summed E-state index contributed by atoms with van der Waals surface area (Å²) in [4.78, 5) is 14.4. The number of carbonyl (C=O) groups is 1. The first-order valence-corrected chi connectivity index (χ1v) is 6.56. The van der Waals surface area contributed by atoms with Crippen molar-refractivity contribution in [3.63, 3.8) is 0 Å². The van der Waals surface area contributed by atoms with E-state index in [2.05, 4.69) is 29.3 Å². The monoisotopic (exact) mass is 246 g/mol. The fourth-order valence-corrected chi connectivity index (χ4v) is 2.12. The van der Waals surface area contributed by atoms with Gasteiger partial charge in [0.15, 0.2) is 0 Å². The van der Waals surface area contributed by atoms with Gasteiger partial charge in [0, 0.05) is 12.6 Å². The summed E-state index contributed by atoms with van der Waals surface area (Å²) < 4.78 is 0. The number of rotatable bonds is 5. The van der Waals surface area contributed by atoms with Crippen LogP contribution in [0.2, 0.25) is 0 Å². The van der Waals surface area contributed by atoms with E-state index in [0.29, 0.717) is 12.6 Å². The summed E-state index contributed by atoms with van der Waals surface area (Å²) in [5, 5.41) is 3.08. The van der Waals surface area contributed by atoms with E-state index >= 15 is 0 Å². The minimum atomic E-state index is -0.243. The molecule has 1 aliphatic rings. The lowest BCUT2D eigenvalue weighted by Crippen LogP contribution is -2.42. The molecule has 3 heteroatoms. The van der Waals surface area contributed by atoms with E-state index in [1.165, 1.54) is 0 Å². The number of benzene rings is 1. The molecule has 0 unspecified atom stereocenters. The highest BCUT2D eigenvalue weighted by atomic mass is 16.2. The first-order valence-electron chi connectivity index (χ1n) is 6.56. The molecule has 0 spiro atoms. The maximum atomic E-state index is 12.3. The lowest BCUT2D eigenvalue weighted by atomic mass is 9.95. The van der Waals surface area contributed by atoms with Crippen LogP contribution in [0, 0.1) is 0 Å². The molecule has 0 aliphatic heterocycles. The van der Waals surface area contributed by atoms with Gasteiger partial charge in [-0.15, -0.1) is 0 Å². The van der Waals surface area contributed by atoms with Crippen molar-refractivity contribution in [2.45, 2.75) is 31.2 Å². The van der Waals surface area contributed by atoms with Gasteiger partial charge in [0.05, 0.1) is 5.41 Å². The third-order valence-corrected chi connectivity index (χ3v) is 3.95. The van der Waals surface area contributed by atoms with Crippen molar-refractivity contribution in [3.8, 4) is 0 Å². The molecule has 2 rings (SSSR count). The Morgan fingerprint density at radius 2 is 1.94 bits per heavy atom. The Bertz CT molecular complexity index is 410. The van der Waals surface area contributed by atoms with Crippen molar-refractivity contribution in [1.82, 2.24) is 10.2 Å². The number of hydrogen-bond acceptors (Lipinski definition) is 2. The molecule has 0 saturated heterocycles. The Morgan fingerprint density at radius 1 is 1.33 bits per heavy atom. The molecule has 0 bridgehead atoms. The zero-order chi connectivity index (χ0) is 13.2. The van der Waals surface area contributed by atoms with E-state index in [9.17, 15) is 4.79 Å². The SMILES string of the molecule is C[C@H](CNC(=O)C1(c2ccccc2)CC1)N(C)C. The van der Waals surface area contributed by atoms with Gasteiger partial charge in [0.2, 0.25) is 5.91 Å². The van der Waals surface area contributed by atoms with Crippen LogP contribution in [-0.4, -0.2) is 37.5 Å². The van der Waals surface area contributed by atoms with E-state index in [4.69, 9.17) is 0 Å². The van der Waals surface area contributed by atoms with Crippen LogP contribution in [0.25, 0.3) is 0 Å². The molecule has 1 amide bonds. The summed E-state index contributed by atoms with van der Waals surface area (Å²) in [7, 11) is 4.06. The fourth-order valence-electron chi connectivity index (χ4n) is 2.12. The van der Waals surface area contributed by atoms with Crippen LogP contribution in [0.3, 0.4) is 0 Å². The normalized spacial score (nSPS) is 18.4. The van der Waals surface area contributed by atoms with Crippen LogP contribution in [0.1, 0.15) is 25.3 Å². The van der Waals surface area contributed by atoms with E-state index < -0.39 is 0 Å². The zero-order valence-corrected chi connectivity index (χ0v) is 11.4. The molecule has 18 heavy (non-hydrogen) atoms. The number of amides is 1. The highest BCUT2D eigenvalue weighted by molar-refractivity contribution is 5.91. The smallest absolute Gasteiger partial charge is 0.230 e. The lowest BCUT2D eigenvalue weighted by molar-refractivity contribution is -0.123. The van der Waals surface area contributed by atoms with Gasteiger partial charge in [-0.25, -0.2) is 0 Å². The standard InChI is InChI=1S/C15H22N2O/c1-12(17(2)3)11-16-14(18)15(9-10-15)13-7-5-4-6-8-13/h4-8,12H,9-11H2,1-3H3,(H,16,18)/t12-/m1/s1. The van der Waals surface area contributed by atoms with Crippen LogP contribution in [-0.2, 0) is 10.2 Å². The molecular formula is C15H22N2O. The minimum absolute atomic E-state index is 0.183. The minimum Gasteiger partial charge on any atom is -0.354 e. The second-order valence-electron chi connectivity index (χ2n) is 5.47. The third kappa shape index (κ3) is 2.56. The third-order valence-electron chi connectivity index (χ3n) is 3.95. The number of nitrogens with one attached hydrogen (secondary N) is 1. The van der Waals surface area contributed by atoms with Crippen molar-refractivity contribution >= 4 is 5.91 Å². The molecule has 1 fully saturated rings. The Labute approximate surface area is 109 Å². The summed E-state index contributed by atoms with van der Waals surface area (Å²) in [5.74, 6) is 0.183. The fraction of sp³-hybridized carbons (Fsp3) is 0.533. The molecule has 0 aromatic heterocycles. The molecule has 1 aromatic carbocycles. The van der Waals surface area contributed by atoms with E-state index in [1.54, 1.807) is 0 Å². The largest absolute Gasteiger partial charge is 0.354 e. The van der Waals surface area contributed by atoms with Crippen molar-refractivity contribution < 1.29 is 4.79 Å². The van der Waals surface area contributed by atoms with Gasteiger partial charge in [-0.2, -0.15) is 0 Å². The number of carbonyl (C=O) groups excluding carboxylic acids is 1. The van der Waals surface area contributed by atoms with Gasteiger partial charge in [-0.1, -0.05) is 30.3 Å². The molecule has 1 N–H and O–H groups in total. The summed E-state index contributed by atoms with van der Waals surface area (Å²) in [6.07, 6.45) is 1.94. The Balaban J connectivity index is 1.98. The second-order valence-corrected chi connectivity index (χ2v) is 5.47. The molecule has 3 nitrogen and oxygen atoms in total. The molecule has 1 saturated carbocycles. The summed E-state index contributed by atoms with van der Waals surface area (Å²) in [6.45, 7) is 2.82. The maximum Gasteiger partial charge on any atom is 0.230 e. The lowest BCUT2D eigenvalue weighted by Gasteiger charge is -2.22. The molecular weight excluding hydrogens is 224 g/mol. The average Bonchev–Trinajstić information content (AvgIpc) is 3.18. The van der Waals surface area contributed by atoms with Crippen molar-refractivity contribution in [1.29, 1.82) is 0 Å². The molecule has 0 radical (unpaired) electrons. The molecule has 1 aliphatic carbocycles. The second kappa shape index (κ2) is 5.11. The predicted octanol–water partition coefficient (Wildman–Crippen LogP) is 1.78. The van der Waals surface area contributed by atoms with Gasteiger partial charge >= 0.3 is 0 Å². The molecule has 1 aromatic rings. The van der Waals surface area contributed by atoms with Crippen LogP contribution < -0.4 is 5.32 Å². The topological polar surface area (TPSA) is 32.3 Å². The molecule has 1 atom stereocenters. The molecule has 98 valence electrons. The highest BCUT2D eigenvalue weighted by Crippen LogP contribution is 2.48. The zero-order valence-electron chi connectivity index (χ0n) is 11.4. The summed E-state index contributed by atoms with van der Waals surface area (Å²) >= 11 is 0. The average molecular weight is 246 g/mol. The van der Waals surface area contributed by atoms with Crippen molar-refractivity contribution in [2.24, 2.45) is 0 Å². The predicted molar refractivity (Wildman–Crippen MR) is 73.5 cm³/mol. The highest BCUT2D eigenvalue weighted by Gasteiger charge is 2.50. The quantitative estimate of drug-likeness (QED) is 0.859. The number of likely N-dealkylation sites (N-methyl/N-ethyl adjacent to an activating group) is 1. The van der Waals surface area contributed by atoms with E-state index in [-0.39, 0.29) is 11.3 Å². The van der Waals surface area contributed by atoms with Gasteiger partial charge in [-0.05, 0) is 39.4 Å². The summed E-state index contributed by atoms with van der Waals surface area (Å²) in [6, 6.07) is 10.5. The Kier molecular flexibility index (Phi) is 3.71. The van der Waals surface area contributed by atoms with Crippen molar-refractivity contribution in [2.75, 3.05) is 20.6 Å².